The molecule has 0 unspecified atom stereocenters. The lowest BCUT2D eigenvalue weighted by Gasteiger charge is -2.39. The highest BCUT2D eigenvalue weighted by molar-refractivity contribution is 14.0. The van der Waals surface area contributed by atoms with Gasteiger partial charge in [0.15, 0.2) is 5.96 Å². The van der Waals surface area contributed by atoms with Gasteiger partial charge in [0.25, 0.3) is 0 Å². The number of nitrogens with zero attached hydrogens (tertiary/aromatic N) is 7. The Labute approximate surface area is 215 Å². The summed E-state index contributed by atoms with van der Waals surface area (Å²) in [6, 6.07) is 8.46. The number of nitrogens with one attached hydrogen (secondary N) is 1. The number of aryl methyl sites for hydroxylation is 1. The molecule has 9 heteroatoms. The van der Waals surface area contributed by atoms with Crippen molar-refractivity contribution >= 4 is 41.6 Å². The quantitative estimate of drug-likeness (QED) is 0.340. The van der Waals surface area contributed by atoms with E-state index in [1.54, 1.807) is 0 Å². The Kier molecular flexibility index (Phi) is 9.54. The van der Waals surface area contributed by atoms with Gasteiger partial charge in [0.2, 0.25) is 5.95 Å². The van der Waals surface area contributed by atoms with Crippen molar-refractivity contribution in [2.24, 2.45) is 4.99 Å². The highest BCUT2D eigenvalue weighted by Gasteiger charge is 2.22. The van der Waals surface area contributed by atoms with E-state index in [1.807, 2.05) is 25.5 Å². The van der Waals surface area contributed by atoms with Crippen LogP contribution in [0.3, 0.4) is 0 Å². The van der Waals surface area contributed by atoms with Crippen molar-refractivity contribution in [3.05, 3.63) is 47.8 Å². The number of hydrogen-bond acceptors (Lipinski definition) is 6. The van der Waals surface area contributed by atoms with E-state index in [1.165, 1.54) is 16.8 Å². The van der Waals surface area contributed by atoms with Gasteiger partial charge < -0.3 is 20.0 Å². The lowest BCUT2D eigenvalue weighted by Crippen LogP contribution is -2.54. The van der Waals surface area contributed by atoms with Crippen LogP contribution in [0.1, 0.15) is 11.1 Å². The first kappa shape index (κ1) is 25.5. The summed E-state index contributed by atoms with van der Waals surface area (Å²) in [7, 11) is 1.89. The van der Waals surface area contributed by atoms with Gasteiger partial charge >= 0.3 is 0 Å². The first-order chi connectivity index (χ1) is 15.7. The lowest BCUT2D eigenvalue weighted by molar-refractivity contribution is 0.258. The van der Waals surface area contributed by atoms with Crippen LogP contribution >= 0.6 is 24.0 Å². The Morgan fingerprint density at radius 1 is 0.909 bits per heavy atom. The number of halogens is 1. The van der Waals surface area contributed by atoms with E-state index in [2.05, 4.69) is 71.9 Å². The first-order valence-electron chi connectivity index (χ1n) is 11.7. The van der Waals surface area contributed by atoms with Crippen molar-refractivity contribution < 1.29 is 0 Å². The minimum atomic E-state index is 0. The van der Waals surface area contributed by atoms with Crippen molar-refractivity contribution in [3.8, 4) is 0 Å². The summed E-state index contributed by atoms with van der Waals surface area (Å²) in [6.07, 6.45) is 3.62. The molecule has 1 aromatic carbocycles. The van der Waals surface area contributed by atoms with Gasteiger partial charge in [-0.1, -0.05) is 12.1 Å². The molecule has 0 atom stereocenters. The van der Waals surface area contributed by atoms with E-state index in [9.17, 15) is 0 Å². The summed E-state index contributed by atoms with van der Waals surface area (Å²) in [5, 5.41) is 3.58. The summed E-state index contributed by atoms with van der Waals surface area (Å²) < 4.78 is 0. The summed E-state index contributed by atoms with van der Waals surface area (Å²) in [6.45, 7) is 14.4. The second kappa shape index (κ2) is 12.4. The molecule has 8 nitrogen and oxygen atoms in total. The Morgan fingerprint density at radius 3 is 2.24 bits per heavy atom. The molecule has 0 saturated carbocycles. The number of aliphatic imine (C=N–C) groups is 1. The average Bonchev–Trinajstić information content (AvgIpc) is 2.85. The fourth-order valence-corrected chi connectivity index (χ4v) is 4.52. The van der Waals surface area contributed by atoms with Crippen LogP contribution in [0, 0.1) is 13.8 Å². The number of benzene rings is 1. The molecule has 0 bridgehead atoms. The molecule has 2 fully saturated rings. The molecule has 1 N–H and O–H groups in total. The van der Waals surface area contributed by atoms with Crippen LogP contribution in [-0.4, -0.2) is 98.2 Å². The Bertz CT molecular complexity index is 891. The van der Waals surface area contributed by atoms with Crippen molar-refractivity contribution in [3.63, 3.8) is 0 Å². The van der Waals surface area contributed by atoms with E-state index < -0.39 is 0 Å². The second-order valence-corrected chi connectivity index (χ2v) is 8.54. The van der Waals surface area contributed by atoms with Crippen LogP contribution in [0.5, 0.6) is 0 Å². The molecule has 0 aliphatic carbocycles. The molecule has 2 aliphatic rings. The minimum absolute atomic E-state index is 0. The number of piperazine rings is 2. The Balaban J connectivity index is 0.00000306. The Morgan fingerprint density at radius 2 is 1.58 bits per heavy atom. The molecule has 1 aromatic heterocycles. The van der Waals surface area contributed by atoms with Gasteiger partial charge in [-0.05, 0) is 37.1 Å². The van der Waals surface area contributed by atoms with E-state index in [0.717, 1.165) is 77.4 Å². The fourth-order valence-electron chi connectivity index (χ4n) is 4.52. The largest absolute Gasteiger partial charge is 0.368 e. The van der Waals surface area contributed by atoms with Crippen LogP contribution in [0.25, 0.3) is 0 Å². The maximum Gasteiger partial charge on any atom is 0.225 e. The number of anilines is 2. The van der Waals surface area contributed by atoms with Crippen molar-refractivity contribution in [1.82, 2.24) is 25.1 Å². The van der Waals surface area contributed by atoms with Gasteiger partial charge in [-0.25, -0.2) is 9.97 Å². The molecule has 2 aromatic rings. The predicted molar refractivity (Wildman–Crippen MR) is 147 cm³/mol. The number of guanidine groups is 1. The average molecular weight is 565 g/mol. The molecule has 0 amide bonds. The van der Waals surface area contributed by atoms with Crippen molar-refractivity contribution in [2.45, 2.75) is 13.8 Å². The molecular formula is C24H37IN8. The number of aromatic nitrogens is 2. The second-order valence-electron chi connectivity index (χ2n) is 8.54. The zero-order chi connectivity index (χ0) is 22.3. The first-order valence-corrected chi connectivity index (χ1v) is 11.7. The highest BCUT2D eigenvalue weighted by Crippen LogP contribution is 2.23. The Hall–Kier alpha value is -2.14. The van der Waals surface area contributed by atoms with Crippen LogP contribution in [0.4, 0.5) is 11.6 Å². The van der Waals surface area contributed by atoms with Gasteiger partial charge in [-0.3, -0.25) is 9.89 Å². The third kappa shape index (κ3) is 6.47. The van der Waals surface area contributed by atoms with Gasteiger partial charge in [-0.2, -0.15) is 0 Å². The molecule has 3 heterocycles. The summed E-state index contributed by atoms with van der Waals surface area (Å²) in [5.74, 6) is 1.85. The third-order valence-electron chi connectivity index (χ3n) is 6.63. The maximum absolute atomic E-state index is 4.55. The van der Waals surface area contributed by atoms with Gasteiger partial charge in [0.1, 0.15) is 0 Å². The summed E-state index contributed by atoms with van der Waals surface area (Å²) in [5.41, 5.74) is 4.12. The van der Waals surface area contributed by atoms with E-state index in [0.29, 0.717) is 0 Å². The van der Waals surface area contributed by atoms with Crippen LogP contribution in [0.2, 0.25) is 0 Å². The molecular weight excluding hydrogens is 527 g/mol. The fraction of sp³-hybridized carbons (Fsp3) is 0.542. The third-order valence-corrected chi connectivity index (χ3v) is 6.63. The molecule has 0 spiro atoms. The van der Waals surface area contributed by atoms with Crippen LogP contribution < -0.4 is 15.1 Å². The highest BCUT2D eigenvalue weighted by atomic mass is 127. The zero-order valence-electron chi connectivity index (χ0n) is 20.1. The summed E-state index contributed by atoms with van der Waals surface area (Å²) in [4.78, 5) is 22.9. The molecule has 0 radical (unpaired) electrons. The molecule has 2 saturated heterocycles. The van der Waals surface area contributed by atoms with Crippen molar-refractivity contribution in [2.75, 3.05) is 82.3 Å². The van der Waals surface area contributed by atoms with Crippen molar-refractivity contribution in [1.29, 1.82) is 0 Å². The maximum atomic E-state index is 4.55. The van der Waals surface area contributed by atoms with Crippen LogP contribution in [0.15, 0.2) is 41.7 Å². The van der Waals surface area contributed by atoms with E-state index in [4.69, 9.17) is 0 Å². The molecule has 2 aliphatic heterocycles. The smallest absolute Gasteiger partial charge is 0.225 e. The van der Waals surface area contributed by atoms with Gasteiger partial charge in [0, 0.05) is 90.6 Å². The number of rotatable bonds is 5. The standard InChI is InChI=1S/C24H36N8.HI/c1-20-6-4-7-22(21(20)2)30-16-18-31(19-17-30)23(25-3)28-10-11-29-12-14-32(15-13-29)24-26-8-5-9-27-24;/h4-9H,10-19H2,1-3H3,(H,25,28);1H. The predicted octanol–water partition coefficient (Wildman–Crippen LogP) is 2.23. The zero-order valence-corrected chi connectivity index (χ0v) is 22.4. The topological polar surface area (TPSA) is 63.1 Å². The lowest BCUT2D eigenvalue weighted by atomic mass is 10.1. The molecule has 4 rings (SSSR count). The minimum Gasteiger partial charge on any atom is -0.368 e. The van der Waals surface area contributed by atoms with Gasteiger partial charge in [0.05, 0.1) is 0 Å². The monoisotopic (exact) mass is 564 g/mol. The SMILES string of the molecule is CN=C(NCCN1CCN(c2ncccn2)CC1)N1CCN(c2cccc(C)c2C)CC1.I. The summed E-state index contributed by atoms with van der Waals surface area (Å²) >= 11 is 0. The van der Waals surface area contributed by atoms with E-state index >= 15 is 0 Å². The number of hydrogen-bond donors (Lipinski definition) is 1. The van der Waals surface area contributed by atoms with Gasteiger partial charge in [-0.15, -0.1) is 24.0 Å². The van der Waals surface area contributed by atoms with Crippen LogP contribution in [-0.2, 0) is 0 Å². The molecule has 33 heavy (non-hydrogen) atoms. The normalized spacial score (nSPS) is 17.7. The van der Waals surface area contributed by atoms with E-state index in [-0.39, 0.29) is 24.0 Å². The molecule has 180 valence electrons.